The standard InChI is InChI=1S/C23H20Cl2N2O4S/c1-32(29,30)27-23(28)22-18(16-9-8-14(24)13-20(16)26-22)7-4-12-31-21-11-10-19(25)15-5-2-3-6-17(15)21/h2-3,5-6,8-11,13,26H,4,7,12H2,1H3,(H,27,28). The maximum atomic E-state index is 12.6. The molecule has 4 aromatic rings. The van der Waals surface area contributed by atoms with Crippen molar-refractivity contribution in [2.45, 2.75) is 12.8 Å². The highest BCUT2D eigenvalue weighted by atomic mass is 35.5. The smallest absolute Gasteiger partial charge is 0.281 e. The molecule has 3 aromatic carbocycles. The monoisotopic (exact) mass is 490 g/mol. The summed E-state index contributed by atoms with van der Waals surface area (Å²) in [4.78, 5) is 15.6. The normalized spacial score (nSPS) is 11.7. The molecule has 0 atom stereocenters. The van der Waals surface area contributed by atoms with Gasteiger partial charge in [-0.15, -0.1) is 0 Å². The summed E-state index contributed by atoms with van der Waals surface area (Å²) in [5.74, 6) is 0.0187. The van der Waals surface area contributed by atoms with Crippen molar-refractivity contribution in [2.24, 2.45) is 0 Å². The van der Waals surface area contributed by atoms with E-state index in [0.717, 1.165) is 28.2 Å². The summed E-state index contributed by atoms with van der Waals surface area (Å²) in [6.07, 6.45) is 2.04. The molecule has 32 heavy (non-hydrogen) atoms. The summed E-state index contributed by atoms with van der Waals surface area (Å²) in [5.41, 5.74) is 1.57. The van der Waals surface area contributed by atoms with Crippen molar-refractivity contribution in [1.29, 1.82) is 0 Å². The van der Waals surface area contributed by atoms with Crippen LogP contribution in [0.25, 0.3) is 21.7 Å². The molecule has 0 aliphatic rings. The average molecular weight is 491 g/mol. The van der Waals surface area contributed by atoms with Gasteiger partial charge in [-0.05, 0) is 42.7 Å². The Hall–Kier alpha value is -2.74. The van der Waals surface area contributed by atoms with Gasteiger partial charge in [0, 0.05) is 31.7 Å². The van der Waals surface area contributed by atoms with Gasteiger partial charge in [-0.1, -0.05) is 53.5 Å². The van der Waals surface area contributed by atoms with Crippen molar-refractivity contribution in [3.63, 3.8) is 0 Å². The average Bonchev–Trinajstić information content (AvgIpc) is 3.09. The number of ether oxygens (including phenoxy) is 1. The SMILES string of the molecule is CS(=O)(=O)NC(=O)c1[nH]c2cc(Cl)ccc2c1CCCOc1ccc(Cl)c2ccccc12. The molecule has 0 aliphatic heterocycles. The first kappa shape index (κ1) is 22.5. The Balaban J connectivity index is 1.55. The molecule has 2 N–H and O–H groups in total. The van der Waals surface area contributed by atoms with Gasteiger partial charge < -0.3 is 9.72 Å². The fourth-order valence-corrected chi connectivity index (χ4v) is 4.53. The number of rotatable bonds is 7. The van der Waals surface area contributed by atoms with Crippen molar-refractivity contribution >= 4 is 60.8 Å². The third-order valence-electron chi connectivity index (χ3n) is 5.03. The van der Waals surface area contributed by atoms with E-state index in [1.54, 1.807) is 18.2 Å². The van der Waals surface area contributed by atoms with Crippen LogP contribution in [0.2, 0.25) is 10.0 Å². The van der Waals surface area contributed by atoms with E-state index in [1.807, 2.05) is 41.1 Å². The van der Waals surface area contributed by atoms with Gasteiger partial charge in [0.2, 0.25) is 10.0 Å². The second kappa shape index (κ2) is 9.02. The van der Waals surface area contributed by atoms with Crippen LogP contribution in [0, 0.1) is 0 Å². The van der Waals surface area contributed by atoms with Gasteiger partial charge >= 0.3 is 0 Å². The maximum absolute atomic E-state index is 12.6. The van der Waals surface area contributed by atoms with E-state index in [2.05, 4.69) is 4.98 Å². The number of hydrogen-bond donors (Lipinski definition) is 2. The summed E-state index contributed by atoms with van der Waals surface area (Å²) >= 11 is 12.3. The van der Waals surface area contributed by atoms with Crippen molar-refractivity contribution in [3.8, 4) is 5.75 Å². The van der Waals surface area contributed by atoms with E-state index in [4.69, 9.17) is 27.9 Å². The Labute approximate surface area is 195 Å². The van der Waals surface area contributed by atoms with Crippen LogP contribution in [-0.4, -0.2) is 32.2 Å². The van der Waals surface area contributed by atoms with Gasteiger partial charge in [0.1, 0.15) is 11.4 Å². The highest BCUT2D eigenvalue weighted by molar-refractivity contribution is 7.89. The van der Waals surface area contributed by atoms with Gasteiger partial charge in [0.25, 0.3) is 5.91 Å². The molecule has 0 aliphatic carbocycles. The Morgan fingerprint density at radius 1 is 1.03 bits per heavy atom. The number of aromatic nitrogens is 1. The van der Waals surface area contributed by atoms with Gasteiger partial charge in [0.05, 0.1) is 12.9 Å². The number of halogens is 2. The maximum Gasteiger partial charge on any atom is 0.281 e. The van der Waals surface area contributed by atoms with Crippen LogP contribution in [0.1, 0.15) is 22.5 Å². The molecule has 0 spiro atoms. The Kier molecular flexibility index (Phi) is 6.33. The number of aromatic amines is 1. The van der Waals surface area contributed by atoms with Crippen molar-refractivity contribution < 1.29 is 17.9 Å². The van der Waals surface area contributed by atoms with Crippen LogP contribution >= 0.6 is 23.2 Å². The Morgan fingerprint density at radius 2 is 1.78 bits per heavy atom. The first-order chi connectivity index (χ1) is 15.2. The summed E-state index contributed by atoms with van der Waals surface area (Å²) in [6.45, 7) is 0.402. The van der Waals surface area contributed by atoms with Crippen molar-refractivity contribution in [1.82, 2.24) is 9.71 Å². The second-order valence-electron chi connectivity index (χ2n) is 7.41. The van der Waals surface area contributed by atoms with E-state index in [1.165, 1.54) is 0 Å². The number of fused-ring (bicyclic) bond motifs is 2. The van der Waals surface area contributed by atoms with Crippen LogP contribution in [0.15, 0.2) is 54.6 Å². The van der Waals surface area contributed by atoms with Gasteiger partial charge in [-0.25, -0.2) is 13.1 Å². The number of carbonyl (C=O) groups is 1. The largest absolute Gasteiger partial charge is 0.493 e. The number of benzene rings is 3. The van der Waals surface area contributed by atoms with Crippen molar-refractivity contribution in [3.05, 3.63) is 75.9 Å². The van der Waals surface area contributed by atoms with Crippen LogP contribution in [-0.2, 0) is 16.4 Å². The number of hydrogen-bond acceptors (Lipinski definition) is 4. The highest BCUT2D eigenvalue weighted by Crippen LogP contribution is 2.32. The zero-order chi connectivity index (χ0) is 22.9. The first-order valence-corrected chi connectivity index (χ1v) is 12.5. The predicted octanol–water partition coefficient (Wildman–Crippen LogP) is 5.33. The molecular formula is C23H20Cl2N2O4S. The van der Waals surface area contributed by atoms with Gasteiger partial charge in [-0.3, -0.25) is 4.79 Å². The number of aryl methyl sites for hydroxylation is 1. The molecule has 0 radical (unpaired) electrons. The Morgan fingerprint density at radius 3 is 2.53 bits per heavy atom. The molecule has 4 rings (SSSR count). The second-order valence-corrected chi connectivity index (χ2v) is 10.0. The molecule has 6 nitrogen and oxygen atoms in total. The van der Waals surface area contributed by atoms with Crippen LogP contribution in [0.3, 0.4) is 0 Å². The minimum Gasteiger partial charge on any atom is -0.493 e. The molecule has 0 bridgehead atoms. The zero-order valence-corrected chi connectivity index (χ0v) is 19.4. The third-order valence-corrected chi connectivity index (χ3v) is 6.15. The molecule has 0 saturated carbocycles. The quantitative estimate of drug-likeness (QED) is 0.342. The van der Waals surface area contributed by atoms with Crippen LogP contribution in [0.5, 0.6) is 5.75 Å². The lowest BCUT2D eigenvalue weighted by Gasteiger charge is -2.11. The molecule has 9 heteroatoms. The minimum atomic E-state index is -3.70. The molecule has 1 heterocycles. The van der Waals surface area contributed by atoms with Crippen LogP contribution < -0.4 is 9.46 Å². The predicted molar refractivity (Wildman–Crippen MR) is 128 cm³/mol. The van der Waals surface area contributed by atoms with Gasteiger partial charge in [0.15, 0.2) is 0 Å². The summed E-state index contributed by atoms with van der Waals surface area (Å²) in [6, 6.07) is 16.6. The topological polar surface area (TPSA) is 88.3 Å². The van der Waals surface area contributed by atoms with E-state index in [9.17, 15) is 13.2 Å². The summed E-state index contributed by atoms with van der Waals surface area (Å²) in [5, 5.41) is 3.82. The number of H-pyrrole nitrogens is 1. The number of carbonyl (C=O) groups excluding carboxylic acids is 1. The van der Waals surface area contributed by atoms with E-state index < -0.39 is 15.9 Å². The lowest BCUT2D eigenvalue weighted by atomic mass is 10.1. The van der Waals surface area contributed by atoms with Crippen LogP contribution in [0.4, 0.5) is 0 Å². The number of amides is 1. The molecule has 0 fully saturated rings. The van der Waals surface area contributed by atoms with Crippen molar-refractivity contribution in [2.75, 3.05) is 12.9 Å². The third kappa shape index (κ3) is 4.85. The molecule has 166 valence electrons. The van der Waals surface area contributed by atoms with E-state index in [-0.39, 0.29) is 5.69 Å². The molecule has 0 unspecified atom stereocenters. The number of nitrogens with one attached hydrogen (secondary N) is 2. The fourth-order valence-electron chi connectivity index (χ4n) is 3.69. The van der Waals surface area contributed by atoms with Gasteiger partial charge in [-0.2, -0.15) is 0 Å². The summed E-state index contributed by atoms with van der Waals surface area (Å²) in [7, 11) is -3.70. The highest BCUT2D eigenvalue weighted by Gasteiger charge is 2.20. The first-order valence-electron chi connectivity index (χ1n) is 9.85. The van der Waals surface area contributed by atoms with E-state index in [0.29, 0.717) is 40.6 Å². The lowest BCUT2D eigenvalue weighted by molar-refractivity contribution is 0.0976. The molecular weight excluding hydrogens is 471 g/mol. The Bertz CT molecular complexity index is 1430. The minimum absolute atomic E-state index is 0.199. The fraction of sp³-hybridized carbons (Fsp3) is 0.174. The lowest BCUT2D eigenvalue weighted by Crippen LogP contribution is -2.30. The molecule has 0 saturated heterocycles. The molecule has 1 aromatic heterocycles. The summed E-state index contributed by atoms with van der Waals surface area (Å²) < 4.78 is 31.1. The van der Waals surface area contributed by atoms with E-state index >= 15 is 0 Å². The molecule has 1 amide bonds. The zero-order valence-electron chi connectivity index (χ0n) is 17.1. The number of sulfonamides is 1.